The first-order valence-corrected chi connectivity index (χ1v) is 10.5. The van der Waals surface area contributed by atoms with Crippen LogP contribution in [0.1, 0.15) is 34.0 Å². The summed E-state index contributed by atoms with van der Waals surface area (Å²) < 4.78 is 5.89. The molecule has 4 aromatic rings. The van der Waals surface area contributed by atoms with Crippen molar-refractivity contribution in [1.82, 2.24) is 0 Å². The summed E-state index contributed by atoms with van der Waals surface area (Å²) in [5.41, 5.74) is 4.68. The summed E-state index contributed by atoms with van der Waals surface area (Å²) in [6.07, 6.45) is 0. The SMILES string of the molecule is C/C(N=C(c1ccccc1)c1ccccc1)=C(\OC(=O)c1ccccc1)c1ccccc1. The Balaban J connectivity index is 1.83. The first kappa shape index (κ1) is 21.0. The van der Waals surface area contributed by atoms with Gasteiger partial charge in [-0.2, -0.15) is 0 Å². The summed E-state index contributed by atoms with van der Waals surface area (Å²) in [5, 5.41) is 0. The number of aliphatic imine (C=N–C) groups is 1. The maximum Gasteiger partial charge on any atom is 0.343 e. The van der Waals surface area contributed by atoms with Crippen LogP contribution in [0.2, 0.25) is 0 Å². The molecule has 4 rings (SSSR count). The van der Waals surface area contributed by atoms with Crippen molar-refractivity contribution in [3.8, 4) is 0 Å². The third kappa shape index (κ3) is 5.08. The van der Waals surface area contributed by atoms with Gasteiger partial charge in [-0.05, 0) is 19.1 Å². The average Bonchev–Trinajstić information content (AvgIpc) is 2.87. The Hall–Kier alpha value is -4.24. The molecule has 0 saturated heterocycles. The molecule has 0 bridgehead atoms. The van der Waals surface area contributed by atoms with Crippen LogP contribution in [0, 0.1) is 0 Å². The fourth-order valence-corrected chi connectivity index (χ4v) is 3.36. The highest BCUT2D eigenvalue weighted by Gasteiger charge is 2.16. The van der Waals surface area contributed by atoms with Gasteiger partial charge in [0.15, 0.2) is 5.76 Å². The minimum Gasteiger partial charge on any atom is -0.420 e. The lowest BCUT2D eigenvalue weighted by Gasteiger charge is -2.13. The molecule has 0 atom stereocenters. The molecule has 156 valence electrons. The molecule has 3 nitrogen and oxygen atoms in total. The predicted octanol–water partition coefficient (Wildman–Crippen LogP) is 6.77. The summed E-state index contributed by atoms with van der Waals surface area (Å²) in [7, 11) is 0. The molecule has 0 saturated carbocycles. The number of rotatable bonds is 6. The summed E-state index contributed by atoms with van der Waals surface area (Å²) >= 11 is 0. The largest absolute Gasteiger partial charge is 0.420 e. The van der Waals surface area contributed by atoms with E-state index in [1.165, 1.54) is 0 Å². The van der Waals surface area contributed by atoms with Gasteiger partial charge in [-0.3, -0.25) is 0 Å². The van der Waals surface area contributed by atoms with E-state index in [1.807, 2.05) is 116 Å². The highest BCUT2D eigenvalue weighted by Crippen LogP contribution is 2.24. The van der Waals surface area contributed by atoms with Crippen LogP contribution in [0.15, 0.2) is 132 Å². The molecule has 4 aromatic carbocycles. The number of hydrogen-bond acceptors (Lipinski definition) is 3. The monoisotopic (exact) mass is 417 g/mol. The Kier molecular flexibility index (Phi) is 6.69. The third-order valence-electron chi connectivity index (χ3n) is 4.94. The second-order valence-corrected chi connectivity index (χ2v) is 7.23. The molecular formula is C29H23NO2. The number of ether oxygens (including phenoxy) is 1. The number of nitrogens with zero attached hydrogens (tertiary/aromatic N) is 1. The van der Waals surface area contributed by atoms with E-state index in [4.69, 9.17) is 9.73 Å². The quantitative estimate of drug-likeness (QED) is 0.197. The lowest BCUT2D eigenvalue weighted by Crippen LogP contribution is -2.08. The molecule has 0 heterocycles. The van der Waals surface area contributed by atoms with Gasteiger partial charge < -0.3 is 4.74 Å². The normalized spacial score (nSPS) is 11.3. The first-order chi connectivity index (χ1) is 15.7. The van der Waals surface area contributed by atoms with Gasteiger partial charge in [0.1, 0.15) is 0 Å². The Morgan fingerprint density at radius 1 is 0.562 bits per heavy atom. The predicted molar refractivity (Wildman–Crippen MR) is 129 cm³/mol. The third-order valence-corrected chi connectivity index (χ3v) is 4.94. The number of hydrogen-bond donors (Lipinski definition) is 0. The Labute approximate surface area is 188 Å². The topological polar surface area (TPSA) is 38.7 Å². The van der Waals surface area contributed by atoms with E-state index < -0.39 is 5.97 Å². The molecule has 0 spiro atoms. The molecule has 3 heteroatoms. The summed E-state index contributed by atoms with van der Waals surface area (Å²) in [6.45, 7) is 1.87. The number of carbonyl (C=O) groups excluding carboxylic acids is 1. The van der Waals surface area contributed by atoms with Gasteiger partial charge in [-0.1, -0.05) is 109 Å². The molecule has 32 heavy (non-hydrogen) atoms. The Bertz CT molecular complexity index is 1190. The molecule has 0 aliphatic rings. The van der Waals surface area contributed by atoms with Gasteiger partial charge in [0.2, 0.25) is 0 Å². The molecule has 0 unspecified atom stereocenters. The van der Waals surface area contributed by atoms with E-state index >= 15 is 0 Å². The van der Waals surface area contributed by atoms with Gasteiger partial charge >= 0.3 is 5.97 Å². The highest BCUT2D eigenvalue weighted by molar-refractivity contribution is 6.13. The van der Waals surface area contributed by atoms with Crippen LogP contribution in [-0.4, -0.2) is 11.7 Å². The number of benzene rings is 4. The zero-order chi connectivity index (χ0) is 22.2. The second-order valence-electron chi connectivity index (χ2n) is 7.23. The van der Waals surface area contributed by atoms with Crippen LogP contribution in [0.4, 0.5) is 0 Å². The molecule has 0 radical (unpaired) electrons. The maximum absolute atomic E-state index is 12.9. The summed E-state index contributed by atoms with van der Waals surface area (Å²) in [6, 6.07) is 38.6. The van der Waals surface area contributed by atoms with E-state index in [2.05, 4.69) is 0 Å². The minimum absolute atomic E-state index is 0.417. The molecule has 0 amide bonds. The van der Waals surface area contributed by atoms with Crippen molar-refractivity contribution in [2.45, 2.75) is 6.92 Å². The molecule has 0 fully saturated rings. The zero-order valence-electron chi connectivity index (χ0n) is 17.8. The van der Waals surface area contributed by atoms with Crippen molar-refractivity contribution >= 4 is 17.4 Å². The van der Waals surface area contributed by atoms with Crippen LogP contribution in [0.5, 0.6) is 0 Å². The molecule has 0 N–H and O–H groups in total. The number of allylic oxidation sites excluding steroid dienone is 1. The fraction of sp³-hybridized carbons (Fsp3) is 0.0345. The zero-order valence-corrected chi connectivity index (χ0v) is 17.8. The Morgan fingerprint density at radius 2 is 0.938 bits per heavy atom. The van der Waals surface area contributed by atoms with Gasteiger partial charge in [0, 0.05) is 16.7 Å². The van der Waals surface area contributed by atoms with E-state index in [-0.39, 0.29) is 0 Å². The second kappa shape index (κ2) is 10.2. The molecule has 0 aliphatic carbocycles. The molecule has 0 aliphatic heterocycles. The fourth-order valence-electron chi connectivity index (χ4n) is 3.36. The summed E-state index contributed by atoms with van der Waals surface area (Å²) in [5.74, 6) is 0.0174. The van der Waals surface area contributed by atoms with Crippen molar-refractivity contribution in [2.24, 2.45) is 4.99 Å². The van der Waals surface area contributed by atoms with Crippen LogP contribution < -0.4 is 0 Å². The van der Waals surface area contributed by atoms with Crippen LogP contribution >= 0.6 is 0 Å². The van der Waals surface area contributed by atoms with E-state index in [0.29, 0.717) is 17.0 Å². The van der Waals surface area contributed by atoms with Gasteiger partial charge in [0.25, 0.3) is 0 Å². The van der Waals surface area contributed by atoms with E-state index in [0.717, 1.165) is 22.4 Å². The smallest absolute Gasteiger partial charge is 0.343 e. The van der Waals surface area contributed by atoms with Crippen LogP contribution in [0.25, 0.3) is 5.76 Å². The van der Waals surface area contributed by atoms with Crippen molar-refractivity contribution in [2.75, 3.05) is 0 Å². The minimum atomic E-state index is -0.417. The summed E-state index contributed by atoms with van der Waals surface area (Å²) in [4.78, 5) is 17.8. The molecular weight excluding hydrogens is 394 g/mol. The molecule has 0 aromatic heterocycles. The van der Waals surface area contributed by atoms with Gasteiger partial charge in [-0.15, -0.1) is 0 Å². The van der Waals surface area contributed by atoms with Crippen LogP contribution in [0.3, 0.4) is 0 Å². The first-order valence-electron chi connectivity index (χ1n) is 10.5. The van der Waals surface area contributed by atoms with Crippen molar-refractivity contribution in [3.05, 3.63) is 149 Å². The lowest BCUT2D eigenvalue weighted by atomic mass is 10.0. The van der Waals surface area contributed by atoms with Crippen molar-refractivity contribution < 1.29 is 9.53 Å². The standard InChI is InChI=1S/C29H23NO2/c1-22(30-27(23-14-6-2-7-15-23)24-16-8-3-9-17-24)28(25-18-10-4-11-19-25)32-29(31)26-20-12-5-13-21-26/h2-21H,1H3/b28-22+. The van der Waals surface area contributed by atoms with Crippen molar-refractivity contribution in [1.29, 1.82) is 0 Å². The van der Waals surface area contributed by atoms with Gasteiger partial charge in [0.05, 0.1) is 17.0 Å². The lowest BCUT2D eigenvalue weighted by molar-refractivity contribution is 0.0690. The van der Waals surface area contributed by atoms with E-state index in [1.54, 1.807) is 12.1 Å². The van der Waals surface area contributed by atoms with Gasteiger partial charge in [-0.25, -0.2) is 9.79 Å². The maximum atomic E-state index is 12.9. The number of carbonyl (C=O) groups is 1. The average molecular weight is 418 g/mol. The number of esters is 1. The highest BCUT2D eigenvalue weighted by atomic mass is 16.5. The van der Waals surface area contributed by atoms with Crippen molar-refractivity contribution in [3.63, 3.8) is 0 Å². The van der Waals surface area contributed by atoms with Crippen LogP contribution in [-0.2, 0) is 4.74 Å². The Morgan fingerprint density at radius 3 is 1.38 bits per heavy atom. The van der Waals surface area contributed by atoms with E-state index in [9.17, 15) is 4.79 Å².